The highest BCUT2D eigenvalue weighted by Gasteiger charge is 2.34. The van der Waals surface area contributed by atoms with Gasteiger partial charge >= 0.3 is 0 Å². The fourth-order valence-corrected chi connectivity index (χ4v) is 5.43. The summed E-state index contributed by atoms with van der Waals surface area (Å²) in [5, 5.41) is 0. The van der Waals surface area contributed by atoms with Gasteiger partial charge in [-0.05, 0) is 38.2 Å². The summed E-state index contributed by atoms with van der Waals surface area (Å²) in [6.45, 7) is 5.94. The summed E-state index contributed by atoms with van der Waals surface area (Å²) < 4.78 is 5.49. The van der Waals surface area contributed by atoms with Crippen molar-refractivity contribution in [2.45, 2.75) is 64.1 Å². The number of hydrogen-bond acceptors (Lipinski definition) is 5. The van der Waals surface area contributed by atoms with Gasteiger partial charge in [0.05, 0.1) is 23.7 Å². The molecule has 3 aliphatic rings. The molecule has 1 atom stereocenters. The lowest BCUT2D eigenvalue weighted by molar-refractivity contribution is -0.131. The van der Waals surface area contributed by atoms with Gasteiger partial charge in [-0.2, -0.15) is 0 Å². The molecule has 1 aromatic heterocycles. The van der Waals surface area contributed by atoms with Crippen molar-refractivity contribution < 1.29 is 9.53 Å². The second-order valence-corrected chi connectivity index (χ2v) is 9.35. The summed E-state index contributed by atoms with van der Waals surface area (Å²) in [7, 11) is 0. The minimum Gasteiger partial charge on any atom is -0.381 e. The lowest BCUT2D eigenvalue weighted by Crippen LogP contribution is -2.44. The van der Waals surface area contributed by atoms with Crippen molar-refractivity contribution in [2.24, 2.45) is 0 Å². The largest absolute Gasteiger partial charge is 0.381 e. The molecule has 3 aliphatic heterocycles. The van der Waals surface area contributed by atoms with Gasteiger partial charge in [0.25, 0.3) is 5.56 Å². The van der Waals surface area contributed by atoms with E-state index in [0.717, 1.165) is 74.2 Å². The SMILES string of the molecule is Cc1cccc(CC(=O)N2CCCC2c2nc3c(c(=O)[nH]2)CN(C2CCOCC2)CC3)c1. The van der Waals surface area contributed by atoms with E-state index in [4.69, 9.17) is 9.72 Å². The van der Waals surface area contributed by atoms with Gasteiger partial charge in [0.2, 0.25) is 5.91 Å². The van der Waals surface area contributed by atoms with Gasteiger partial charge in [-0.1, -0.05) is 29.8 Å². The van der Waals surface area contributed by atoms with Crippen LogP contribution in [0.15, 0.2) is 29.1 Å². The topological polar surface area (TPSA) is 78.5 Å². The molecule has 0 bridgehead atoms. The minimum atomic E-state index is -0.140. The summed E-state index contributed by atoms with van der Waals surface area (Å²) in [4.78, 5) is 38.4. The van der Waals surface area contributed by atoms with Gasteiger partial charge in [0, 0.05) is 45.3 Å². The van der Waals surface area contributed by atoms with E-state index in [0.29, 0.717) is 31.4 Å². The molecule has 7 heteroatoms. The maximum atomic E-state index is 13.1. The monoisotopic (exact) mass is 436 g/mol. The number of aromatic amines is 1. The zero-order valence-electron chi connectivity index (χ0n) is 18.8. The molecule has 1 N–H and O–H groups in total. The number of nitrogens with zero attached hydrogens (tertiary/aromatic N) is 3. The molecule has 0 spiro atoms. The summed E-state index contributed by atoms with van der Waals surface area (Å²) >= 11 is 0. The highest BCUT2D eigenvalue weighted by Crippen LogP contribution is 2.31. The average molecular weight is 437 g/mol. The summed E-state index contributed by atoms with van der Waals surface area (Å²) in [5.41, 5.74) is 3.84. The smallest absolute Gasteiger partial charge is 0.255 e. The van der Waals surface area contributed by atoms with E-state index in [9.17, 15) is 9.59 Å². The van der Waals surface area contributed by atoms with Crippen LogP contribution in [-0.4, -0.2) is 58.0 Å². The molecule has 1 unspecified atom stereocenters. The van der Waals surface area contributed by atoms with Crippen LogP contribution in [0.1, 0.15) is 59.9 Å². The quantitative estimate of drug-likeness (QED) is 0.797. The van der Waals surface area contributed by atoms with Gasteiger partial charge < -0.3 is 14.6 Å². The Kier molecular flexibility index (Phi) is 6.11. The number of aryl methyl sites for hydroxylation is 1. The van der Waals surface area contributed by atoms with Crippen LogP contribution in [0.3, 0.4) is 0 Å². The van der Waals surface area contributed by atoms with Crippen LogP contribution >= 0.6 is 0 Å². The average Bonchev–Trinajstić information content (AvgIpc) is 3.30. The number of carbonyl (C=O) groups excluding carboxylic acids is 1. The van der Waals surface area contributed by atoms with Crippen molar-refractivity contribution in [3.8, 4) is 0 Å². The van der Waals surface area contributed by atoms with Crippen LogP contribution in [0.25, 0.3) is 0 Å². The molecular weight excluding hydrogens is 404 g/mol. The molecule has 0 aliphatic carbocycles. The van der Waals surface area contributed by atoms with Crippen molar-refractivity contribution in [3.63, 3.8) is 0 Å². The first-order valence-electron chi connectivity index (χ1n) is 11.9. The molecule has 170 valence electrons. The van der Waals surface area contributed by atoms with Crippen LogP contribution in [0.4, 0.5) is 0 Å². The Morgan fingerprint density at radius 1 is 1.22 bits per heavy atom. The van der Waals surface area contributed by atoms with Gasteiger partial charge in [-0.25, -0.2) is 4.98 Å². The molecule has 2 saturated heterocycles. The van der Waals surface area contributed by atoms with Gasteiger partial charge in [-0.3, -0.25) is 14.5 Å². The van der Waals surface area contributed by atoms with Crippen molar-refractivity contribution >= 4 is 5.91 Å². The molecule has 7 nitrogen and oxygen atoms in total. The molecule has 1 aromatic carbocycles. The van der Waals surface area contributed by atoms with Gasteiger partial charge in [-0.15, -0.1) is 0 Å². The van der Waals surface area contributed by atoms with Crippen LogP contribution in [0.5, 0.6) is 0 Å². The number of amides is 1. The lowest BCUT2D eigenvalue weighted by Gasteiger charge is -2.37. The molecule has 4 heterocycles. The van der Waals surface area contributed by atoms with Crippen LogP contribution in [0.2, 0.25) is 0 Å². The first kappa shape index (κ1) is 21.3. The standard InChI is InChI=1S/C25H32N4O3/c1-17-4-2-5-18(14-17)15-23(30)29-10-3-6-22(29)24-26-21-7-11-28(16-20(21)25(31)27-24)19-8-12-32-13-9-19/h2,4-5,14,19,22H,3,6-13,15-16H2,1H3,(H,26,27,31). The molecule has 0 radical (unpaired) electrons. The Hall–Kier alpha value is -2.51. The summed E-state index contributed by atoms with van der Waals surface area (Å²) in [6.07, 6.45) is 5.00. The number of rotatable bonds is 4. The zero-order valence-corrected chi connectivity index (χ0v) is 18.8. The van der Waals surface area contributed by atoms with E-state index in [2.05, 4.69) is 16.0 Å². The fourth-order valence-electron chi connectivity index (χ4n) is 5.43. The van der Waals surface area contributed by atoms with Gasteiger partial charge in [0.1, 0.15) is 5.82 Å². The Balaban J connectivity index is 1.33. The number of hydrogen-bond donors (Lipinski definition) is 1. The normalized spacial score (nSPS) is 22.2. The van der Waals surface area contributed by atoms with Crippen molar-refractivity contribution in [1.82, 2.24) is 19.8 Å². The predicted octanol–water partition coefficient (Wildman–Crippen LogP) is 2.52. The Morgan fingerprint density at radius 2 is 2.06 bits per heavy atom. The molecule has 0 saturated carbocycles. The number of aromatic nitrogens is 2. The van der Waals surface area contributed by atoms with E-state index in [1.807, 2.05) is 30.0 Å². The van der Waals surface area contributed by atoms with Gasteiger partial charge in [0.15, 0.2) is 0 Å². The summed E-state index contributed by atoms with van der Waals surface area (Å²) in [6, 6.07) is 8.44. The minimum absolute atomic E-state index is 0.0419. The molecule has 2 aromatic rings. The Morgan fingerprint density at radius 3 is 2.88 bits per heavy atom. The van der Waals surface area contributed by atoms with Crippen LogP contribution in [-0.2, 0) is 28.9 Å². The second-order valence-electron chi connectivity index (χ2n) is 9.35. The van der Waals surface area contributed by atoms with Crippen molar-refractivity contribution in [3.05, 3.63) is 62.8 Å². The third-order valence-corrected chi connectivity index (χ3v) is 7.15. The summed E-state index contributed by atoms with van der Waals surface area (Å²) in [5.74, 6) is 0.757. The Bertz CT molecular complexity index is 1040. The highest BCUT2D eigenvalue weighted by atomic mass is 16.5. The Labute approximate surface area is 188 Å². The highest BCUT2D eigenvalue weighted by molar-refractivity contribution is 5.79. The third-order valence-electron chi connectivity index (χ3n) is 7.15. The number of nitrogens with one attached hydrogen (secondary N) is 1. The van der Waals surface area contributed by atoms with Crippen molar-refractivity contribution in [1.29, 1.82) is 0 Å². The lowest BCUT2D eigenvalue weighted by atomic mass is 10.0. The first-order chi connectivity index (χ1) is 15.6. The van der Waals surface area contributed by atoms with Crippen LogP contribution in [0, 0.1) is 6.92 Å². The molecule has 1 amide bonds. The van der Waals surface area contributed by atoms with E-state index in [1.165, 1.54) is 0 Å². The molecule has 2 fully saturated rings. The predicted molar refractivity (Wildman–Crippen MR) is 121 cm³/mol. The third kappa shape index (κ3) is 4.36. The maximum absolute atomic E-state index is 13.1. The zero-order chi connectivity index (χ0) is 22.1. The number of fused-ring (bicyclic) bond motifs is 1. The molecule has 5 rings (SSSR count). The first-order valence-corrected chi connectivity index (χ1v) is 11.9. The fraction of sp³-hybridized carbons (Fsp3) is 0.560. The van der Waals surface area contributed by atoms with Crippen molar-refractivity contribution in [2.75, 3.05) is 26.3 Å². The maximum Gasteiger partial charge on any atom is 0.255 e. The number of ether oxygens (including phenoxy) is 1. The van der Waals surface area contributed by atoms with E-state index < -0.39 is 0 Å². The van der Waals surface area contributed by atoms with E-state index >= 15 is 0 Å². The molecular formula is C25H32N4O3. The number of carbonyl (C=O) groups is 1. The second kappa shape index (κ2) is 9.16. The number of H-pyrrole nitrogens is 1. The van der Waals surface area contributed by atoms with E-state index in [1.54, 1.807) is 0 Å². The van der Waals surface area contributed by atoms with E-state index in [-0.39, 0.29) is 17.5 Å². The van der Waals surface area contributed by atoms with Crippen LogP contribution < -0.4 is 5.56 Å². The number of likely N-dealkylation sites (tertiary alicyclic amines) is 1. The number of benzene rings is 1. The molecule has 32 heavy (non-hydrogen) atoms.